The molecule has 1 aliphatic carbocycles. The molecule has 0 atom stereocenters. The lowest BCUT2D eigenvalue weighted by Crippen LogP contribution is -2.46. The van der Waals surface area contributed by atoms with Crippen molar-refractivity contribution in [2.24, 2.45) is 5.92 Å². The van der Waals surface area contributed by atoms with Gasteiger partial charge >= 0.3 is 5.97 Å². The number of carboxylic acid groups (broad SMARTS) is 1. The summed E-state index contributed by atoms with van der Waals surface area (Å²) in [5.74, 6) is -1.29. The van der Waals surface area contributed by atoms with Crippen LogP contribution in [0.5, 0.6) is 5.75 Å². The lowest BCUT2D eigenvalue weighted by molar-refractivity contribution is -0.133. The van der Waals surface area contributed by atoms with Gasteiger partial charge in [0, 0.05) is 17.7 Å². The monoisotopic (exact) mass is 279 g/mol. The van der Waals surface area contributed by atoms with Crippen LogP contribution in [0.1, 0.15) is 30.1 Å². The molecule has 108 valence electrons. The summed E-state index contributed by atoms with van der Waals surface area (Å²) >= 11 is 0. The first-order valence-corrected chi connectivity index (χ1v) is 6.27. The molecule has 1 fully saturated rings. The predicted octanol–water partition coefficient (Wildman–Crippen LogP) is 1.49. The topological polar surface area (TPSA) is 95.9 Å². The van der Waals surface area contributed by atoms with Crippen molar-refractivity contribution in [3.63, 3.8) is 0 Å². The summed E-state index contributed by atoms with van der Waals surface area (Å²) in [6, 6.07) is 4.37. The minimum atomic E-state index is -1.09. The number of rotatable bonds is 4. The lowest BCUT2D eigenvalue weighted by atomic mass is 9.72. The zero-order chi connectivity index (χ0) is 14.9. The summed E-state index contributed by atoms with van der Waals surface area (Å²) in [6.45, 7) is 1.70. The molecule has 0 spiro atoms. The number of ether oxygens (including phenoxy) is 1. The van der Waals surface area contributed by atoms with Crippen molar-refractivity contribution < 1.29 is 24.5 Å². The second kappa shape index (κ2) is 5.13. The van der Waals surface area contributed by atoms with Gasteiger partial charge in [0.05, 0.1) is 12.7 Å². The summed E-state index contributed by atoms with van der Waals surface area (Å²) in [5, 5.41) is 21.3. The van der Waals surface area contributed by atoms with Crippen molar-refractivity contribution in [1.29, 1.82) is 0 Å². The van der Waals surface area contributed by atoms with Crippen molar-refractivity contribution >= 4 is 17.6 Å². The van der Waals surface area contributed by atoms with Crippen molar-refractivity contribution in [2.75, 3.05) is 12.4 Å². The normalized spacial score (nSPS) is 24.6. The molecule has 1 saturated carbocycles. The first-order valence-electron chi connectivity index (χ1n) is 6.27. The van der Waals surface area contributed by atoms with Crippen LogP contribution in [0.15, 0.2) is 18.2 Å². The Kier molecular flexibility index (Phi) is 3.67. The molecular weight excluding hydrogens is 262 g/mol. The fraction of sp³-hybridized carbons (Fsp3) is 0.429. The number of benzene rings is 1. The molecule has 1 amide bonds. The van der Waals surface area contributed by atoms with Gasteiger partial charge in [0.1, 0.15) is 11.3 Å². The first-order chi connectivity index (χ1) is 9.32. The molecule has 0 aromatic heterocycles. The Bertz CT molecular complexity index is 544. The molecule has 6 heteroatoms. The number of nitrogens with one attached hydrogen (secondary N) is 1. The molecule has 0 aliphatic heterocycles. The molecular formula is C14H17NO5. The maximum atomic E-state index is 11.9. The highest BCUT2D eigenvalue weighted by molar-refractivity contribution is 5.95. The number of amides is 1. The Morgan fingerprint density at radius 3 is 2.55 bits per heavy atom. The number of hydrogen-bond donors (Lipinski definition) is 3. The Labute approximate surface area is 116 Å². The van der Waals surface area contributed by atoms with Crippen LogP contribution in [-0.4, -0.2) is 34.8 Å². The summed E-state index contributed by atoms with van der Waals surface area (Å²) in [4.78, 5) is 22.9. The molecule has 0 saturated heterocycles. The van der Waals surface area contributed by atoms with Crippen LogP contribution in [0.4, 0.5) is 5.69 Å². The van der Waals surface area contributed by atoms with E-state index >= 15 is 0 Å². The Morgan fingerprint density at radius 1 is 1.40 bits per heavy atom. The van der Waals surface area contributed by atoms with E-state index in [1.807, 2.05) is 0 Å². The van der Waals surface area contributed by atoms with Gasteiger partial charge < -0.3 is 20.3 Å². The van der Waals surface area contributed by atoms with Crippen LogP contribution in [0.3, 0.4) is 0 Å². The number of carboxylic acids is 1. The van der Waals surface area contributed by atoms with Gasteiger partial charge in [-0.3, -0.25) is 4.79 Å². The second-order valence-electron chi connectivity index (χ2n) is 5.31. The average molecular weight is 279 g/mol. The molecule has 1 aromatic carbocycles. The van der Waals surface area contributed by atoms with Gasteiger partial charge in [-0.2, -0.15) is 0 Å². The number of carbonyl (C=O) groups is 2. The molecule has 0 unspecified atom stereocenters. The Balaban J connectivity index is 2.07. The SMILES string of the molecule is COc1cc(NC(=O)C2CC(C)(O)C2)ccc1C(=O)O. The van der Waals surface area contributed by atoms with E-state index in [0.717, 1.165) is 0 Å². The van der Waals surface area contributed by atoms with Gasteiger partial charge in [-0.05, 0) is 31.9 Å². The van der Waals surface area contributed by atoms with Crippen LogP contribution in [0, 0.1) is 5.92 Å². The van der Waals surface area contributed by atoms with Crippen molar-refractivity contribution in [2.45, 2.75) is 25.4 Å². The molecule has 0 bridgehead atoms. The Hall–Kier alpha value is -2.08. The van der Waals surface area contributed by atoms with Crippen molar-refractivity contribution in [3.8, 4) is 5.75 Å². The Morgan fingerprint density at radius 2 is 2.05 bits per heavy atom. The third-order valence-corrected chi connectivity index (χ3v) is 3.44. The van der Waals surface area contributed by atoms with Crippen LogP contribution in [0.2, 0.25) is 0 Å². The number of aliphatic hydroxyl groups is 1. The van der Waals surface area contributed by atoms with E-state index < -0.39 is 11.6 Å². The van der Waals surface area contributed by atoms with Gasteiger partial charge in [0.25, 0.3) is 0 Å². The van der Waals surface area contributed by atoms with E-state index in [0.29, 0.717) is 18.5 Å². The molecule has 6 nitrogen and oxygen atoms in total. The average Bonchev–Trinajstić information content (AvgIpc) is 2.35. The molecule has 0 radical (unpaired) electrons. The fourth-order valence-electron chi connectivity index (χ4n) is 2.38. The lowest BCUT2D eigenvalue weighted by Gasteiger charge is -2.39. The van der Waals surface area contributed by atoms with Crippen LogP contribution in [-0.2, 0) is 4.79 Å². The number of methoxy groups -OCH3 is 1. The zero-order valence-electron chi connectivity index (χ0n) is 11.3. The zero-order valence-corrected chi connectivity index (χ0v) is 11.3. The van der Waals surface area contributed by atoms with E-state index in [2.05, 4.69) is 5.32 Å². The summed E-state index contributed by atoms with van der Waals surface area (Å²) in [7, 11) is 1.37. The second-order valence-corrected chi connectivity index (χ2v) is 5.31. The molecule has 1 aromatic rings. The van der Waals surface area contributed by atoms with Gasteiger partial charge in [-0.1, -0.05) is 0 Å². The summed E-state index contributed by atoms with van der Waals surface area (Å²) < 4.78 is 4.99. The number of anilines is 1. The predicted molar refractivity (Wildman–Crippen MR) is 71.9 cm³/mol. The van der Waals surface area contributed by atoms with E-state index in [1.165, 1.54) is 25.3 Å². The molecule has 20 heavy (non-hydrogen) atoms. The van der Waals surface area contributed by atoms with E-state index in [1.54, 1.807) is 6.92 Å². The smallest absolute Gasteiger partial charge is 0.339 e. The van der Waals surface area contributed by atoms with Gasteiger partial charge in [0.2, 0.25) is 5.91 Å². The number of aromatic carboxylic acids is 1. The first kappa shape index (κ1) is 14.3. The highest BCUT2D eigenvalue weighted by Gasteiger charge is 2.42. The molecule has 1 aliphatic rings. The van der Waals surface area contributed by atoms with Crippen LogP contribution < -0.4 is 10.1 Å². The molecule has 3 N–H and O–H groups in total. The van der Waals surface area contributed by atoms with Crippen LogP contribution >= 0.6 is 0 Å². The highest BCUT2D eigenvalue weighted by atomic mass is 16.5. The van der Waals surface area contributed by atoms with Gasteiger partial charge in [-0.25, -0.2) is 4.79 Å². The maximum absolute atomic E-state index is 11.9. The van der Waals surface area contributed by atoms with Gasteiger partial charge in [-0.15, -0.1) is 0 Å². The minimum Gasteiger partial charge on any atom is -0.496 e. The quantitative estimate of drug-likeness (QED) is 0.776. The van der Waals surface area contributed by atoms with Crippen molar-refractivity contribution in [1.82, 2.24) is 0 Å². The van der Waals surface area contributed by atoms with E-state index in [9.17, 15) is 14.7 Å². The summed E-state index contributed by atoms with van der Waals surface area (Å²) in [6.07, 6.45) is 0.867. The fourth-order valence-corrected chi connectivity index (χ4v) is 2.38. The maximum Gasteiger partial charge on any atom is 0.339 e. The third-order valence-electron chi connectivity index (χ3n) is 3.44. The summed E-state index contributed by atoms with van der Waals surface area (Å²) in [5.41, 5.74) is -0.243. The number of carbonyl (C=O) groups excluding carboxylic acids is 1. The largest absolute Gasteiger partial charge is 0.496 e. The number of hydrogen-bond acceptors (Lipinski definition) is 4. The minimum absolute atomic E-state index is 0.0390. The molecule has 0 heterocycles. The third kappa shape index (κ3) is 2.91. The van der Waals surface area contributed by atoms with Crippen molar-refractivity contribution in [3.05, 3.63) is 23.8 Å². The standard InChI is InChI=1S/C14H17NO5/c1-14(19)6-8(7-14)12(16)15-9-3-4-10(13(17)18)11(5-9)20-2/h3-5,8,19H,6-7H2,1-2H3,(H,15,16)(H,17,18). The molecule has 2 rings (SSSR count). The van der Waals surface area contributed by atoms with Crippen LogP contribution in [0.25, 0.3) is 0 Å². The highest BCUT2D eigenvalue weighted by Crippen LogP contribution is 2.38. The van der Waals surface area contributed by atoms with Gasteiger partial charge in [0.15, 0.2) is 0 Å². The van der Waals surface area contributed by atoms with E-state index in [-0.39, 0.29) is 23.1 Å². The van der Waals surface area contributed by atoms with E-state index in [4.69, 9.17) is 9.84 Å².